The van der Waals surface area contributed by atoms with E-state index in [1.807, 2.05) is 0 Å². The first-order chi connectivity index (χ1) is 5.82. The number of aryl methyl sites for hydroxylation is 2. The molecule has 1 nitrogen and oxygen atoms in total. The molecule has 13 heavy (non-hydrogen) atoms. The van der Waals surface area contributed by atoms with E-state index in [0.29, 0.717) is 0 Å². The van der Waals surface area contributed by atoms with Crippen LogP contribution in [-0.2, 0) is 5.41 Å². The van der Waals surface area contributed by atoms with Crippen LogP contribution in [0.15, 0.2) is 6.07 Å². The van der Waals surface area contributed by atoms with Crippen LogP contribution >= 0.6 is 0 Å². The summed E-state index contributed by atoms with van der Waals surface area (Å²) in [5.74, 6) is 0. The molecule has 1 heterocycles. The van der Waals surface area contributed by atoms with Crippen LogP contribution in [0.3, 0.4) is 0 Å². The molecule has 1 heteroatoms. The van der Waals surface area contributed by atoms with Gasteiger partial charge in [-0.1, -0.05) is 20.8 Å². The zero-order valence-electron chi connectivity index (χ0n) is 9.52. The van der Waals surface area contributed by atoms with Crippen LogP contribution in [0.25, 0.3) is 0 Å². The summed E-state index contributed by atoms with van der Waals surface area (Å²) in [4.78, 5) is 4.45. The largest absolute Gasteiger partial charge is 0.258 e. The van der Waals surface area contributed by atoms with Crippen molar-refractivity contribution >= 4 is 0 Å². The molecule has 1 aromatic heterocycles. The van der Waals surface area contributed by atoms with Crippen LogP contribution in [0.2, 0.25) is 0 Å². The van der Waals surface area contributed by atoms with E-state index < -0.39 is 0 Å². The Balaban J connectivity index is 3.37. The first-order valence-corrected chi connectivity index (χ1v) is 4.77. The van der Waals surface area contributed by atoms with Gasteiger partial charge in [0.2, 0.25) is 0 Å². The van der Waals surface area contributed by atoms with Gasteiger partial charge in [0.05, 0.1) is 0 Å². The summed E-state index contributed by atoms with van der Waals surface area (Å²) in [5.41, 5.74) is 5.25. The number of pyridine rings is 1. The second kappa shape index (κ2) is 3.13. The van der Waals surface area contributed by atoms with Crippen molar-refractivity contribution in [3.05, 3.63) is 28.6 Å². The molecular weight excluding hydrogens is 158 g/mol. The smallest absolute Gasteiger partial charge is 0.0407 e. The summed E-state index contributed by atoms with van der Waals surface area (Å²) in [6, 6.07) is 2.20. The van der Waals surface area contributed by atoms with Crippen molar-refractivity contribution in [2.45, 2.75) is 47.0 Å². The topological polar surface area (TPSA) is 12.9 Å². The zero-order valence-corrected chi connectivity index (χ0v) is 9.52. The summed E-state index contributed by atoms with van der Waals surface area (Å²) in [5, 5.41) is 0. The van der Waals surface area contributed by atoms with Crippen molar-refractivity contribution in [2.24, 2.45) is 0 Å². The Labute approximate surface area is 81.2 Å². The minimum Gasteiger partial charge on any atom is -0.258 e. The van der Waals surface area contributed by atoms with Crippen LogP contribution in [0.1, 0.15) is 43.3 Å². The van der Waals surface area contributed by atoms with E-state index in [1.54, 1.807) is 0 Å². The van der Waals surface area contributed by atoms with Crippen LogP contribution in [0, 0.1) is 20.8 Å². The highest BCUT2D eigenvalue weighted by Gasteiger charge is 2.17. The third-order valence-corrected chi connectivity index (χ3v) is 2.45. The Morgan fingerprint density at radius 2 is 1.62 bits per heavy atom. The van der Waals surface area contributed by atoms with Gasteiger partial charge in [0.1, 0.15) is 0 Å². The molecule has 1 aromatic rings. The highest BCUT2D eigenvalue weighted by Crippen LogP contribution is 2.27. The van der Waals surface area contributed by atoms with Gasteiger partial charge in [-0.3, -0.25) is 4.98 Å². The molecule has 0 radical (unpaired) electrons. The van der Waals surface area contributed by atoms with Gasteiger partial charge in [-0.2, -0.15) is 0 Å². The van der Waals surface area contributed by atoms with E-state index >= 15 is 0 Å². The van der Waals surface area contributed by atoms with Crippen LogP contribution in [-0.4, -0.2) is 4.98 Å². The fourth-order valence-electron chi connectivity index (χ4n) is 1.67. The quantitative estimate of drug-likeness (QED) is 0.592. The number of hydrogen-bond donors (Lipinski definition) is 0. The Kier molecular flexibility index (Phi) is 2.47. The van der Waals surface area contributed by atoms with E-state index in [2.05, 4.69) is 52.6 Å². The maximum absolute atomic E-state index is 4.45. The van der Waals surface area contributed by atoms with E-state index in [-0.39, 0.29) is 5.41 Å². The van der Waals surface area contributed by atoms with E-state index in [0.717, 1.165) is 11.4 Å². The van der Waals surface area contributed by atoms with Gasteiger partial charge in [0.25, 0.3) is 0 Å². The second-order valence-corrected chi connectivity index (χ2v) is 4.77. The van der Waals surface area contributed by atoms with E-state index in [1.165, 1.54) is 11.1 Å². The predicted octanol–water partition coefficient (Wildman–Crippen LogP) is 3.30. The summed E-state index contributed by atoms with van der Waals surface area (Å²) in [6.07, 6.45) is 0. The summed E-state index contributed by atoms with van der Waals surface area (Å²) in [6.45, 7) is 13.0. The maximum atomic E-state index is 4.45. The highest BCUT2D eigenvalue weighted by molar-refractivity contribution is 5.35. The van der Waals surface area contributed by atoms with Crippen molar-refractivity contribution in [3.8, 4) is 0 Å². The lowest BCUT2D eigenvalue weighted by Gasteiger charge is -2.23. The second-order valence-electron chi connectivity index (χ2n) is 4.77. The van der Waals surface area contributed by atoms with Crippen molar-refractivity contribution in [2.75, 3.05) is 0 Å². The normalized spacial score (nSPS) is 11.8. The molecule has 0 aliphatic heterocycles. The molecule has 0 atom stereocenters. The first-order valence-electron chi connectivity index (χ1n) is 4.77. The molecule has 0 saturated carbocycles. The Hall–Kier alpha value is -0.850. The Bertz CT molecular complexity index is 319. The maximum Gasteiger partial charge on any atom is 0.0407 e. The minimum absolute atomic E-state index is 0.225. The summed E-state index contributed by atoms with van der Waals surface area (Å²) in [7, 11) is 0. The number of aromatic nitrogens is 1. The average Bonchev–Trinajstić information content (AvgIpc) is 1.94. The van der Waals surface area contributed by atoms with Crippen LogP contribution in [0.4, 0.5) is 0 Å². The van der Waals surface area contributed by atoms with Crippen LogP contribution < -0.4 is 0 Å². The molecule has 0 N–H and O–H groups in total. The molecule has 1 rings (SSSR count). The molecule has 0 aliphatic rings. The molecular formula is C12H19N. The molecule has 0 saturated heterocycles. The lowest BCUT2D eigenvalue weighted by atomic mass is 9.83. The molecule has 0 bridgehead atoms. The van der Waals surface area contributed by atoms with Crippen molar-refractivity contribution < 1.29 is 0 Å². The van der Waals surface area contributed by atoms with Gasteiger partial charge in [-0.05, 0) is 43.4 Å². The SMILES string of the molecule is Cc1cc(C(C)(C)C)c(C)c(C)n1. The summed E-state index contributed by atoms with van der Waals surface area (Å²) >= 11 is 0. The molecule has 0 aliphatic carbocycles. The van der Waals surface area contributed by atoms with Crippen LogP contribution in [0.5, 0.6) is 0 Å². The molecule has 0 aromatic carbocycles. The fraction of sp³-hybridized carbons (Fsp3) is 0.583. The van der Waals surface area contributed by atoms with E-state index in [9.17, 15) is 0 Å². The molecule has 0 fully saturated rings. The van der Waals surface area contributed by atoms with Crippen molar-refractivity contribution in [1.29, 1.82) is 0 Å². The van der Waals surface area contributed by atoms with Crippen molar-refractivity contribution in [3.63, 3.8) is 0 Å². The zero-order chi connectivity index (χ0) is 10.2. The third kappa shape index (κ3) is 2.09. The van der Waals surface area contributed by atoms with Gasteiger partial charge in [0.15, 0.2) is 0 Å². The van der Waals surface area contributed by atoms with E-state index in [4.69, 9.17) is 0 Å². The summed E-state index contributed by atoms with van der Waals surface area (Å²) < 4.78 is 0. The highest BCUT2D eigenvalue weighted by atomic mass is 14.7. The number of rotatable bonds is 0. The molecule has 0 spiro atoms. The fourth-order valence-corrected chi connectivity index (χ4v) is 1.67. The lowest BCUT2D eigenvalue weighted by molar-refractivity contribution is 0.583. The lowest BCUT2D eigenvalue weighted by Crippen LogP contribution is -2.14. The third-order valence-electron chi connectivity index (χ3n) is 2.45. The Morgan fingerprint density at radius 1 is 1.08 bits per heavy atom. The van der Waals surface area contributed by atoms with Gasteiger partial charge >= 0.3 is 0 Å². The molecule has 0 amide bonds. The van der Waals surface area contributed by atoms with Crippen molar-refractivity contribution in [1.82, 2.24) is 4.98 Å². The monoisotopic (exact) mass is 177 g/mol. The van der Waals surface area contributed by atoms with Gasteiger partial charge < -0.3 is 0 Å². The van der Waals surface area contributed by atoms with Gasteiger partial charge in [0, 0.05) is 11.4 Å². The Morgan fingerprint density at radius 3 is 2.08 bits per heavy atom. The van der Waals surface area contributed by atoms with Gasteiger partial charge in [-0.25, -0.2) is 0 Å². The molecule has 0 unspecified atom stereocenters. The first kappa shape index (κ1) is 10.2. The van der Waals surface area contributed by atoms with Gasteiger partial charge in [-0.15, -0.1) is 0 Å². The molecule has 72 valence electrons. The predicted molar refractivity (Wildman–Crippen MR) is 57.1 cm³/mol. The standard InChI is InChI=1S/C12H19N/c1-8-7-11(12(4,5)6)9(2)10(3)13-8/h7H,1-6H3. The average molecular weight is 177 g/mol. The number of nitrogens with zero attached hydrogens (tertiary/aromatic N) is 1. The minimum atomic E-state index is 0.225. The number of hydrogen-bond acceptors (Lipinski definition) is 1.